The van der Waals surface area contributed by atoms with E-state index >= 15 is 0 Å². The molecular formula is C23H30N4O3. The first-order chi connectivity index (χ1) is 14.6. The lowest BCUT2D eigenvalue weighted by atomic mass is 10.1. The number of carbonyl (C=O) groups is 1. The van der Waals surface area contributed by atoms with E-state index in [2.05, 4.69) is 22.2 Å². The van der Waals surface area contributed by atoms with E-state index in [0.717, 1.165) is 42.3 Å². The van der Waals surface area contributed by atoms with E-state index in [1.807, 2.05) is 55.5 Å². The van der Waals surface area contributed by atoms with Crippen LogP contribution in [0.1, 0.15) is 18.1 Å². The Morgan fingerprint density at radius 2 is 1.90 bits per heavy atom. The number of nitrogens with one attached hydrogen (secondary N) is 2. The van der Waals surface area contributed by atoms with Gasteiger partial charge in [-0.15, -0.1) is 0 Å². The number of hydrogen-bond donors (Lipinski definition) is 3. The van der Waals surface area contributed by atoms with Crippen LogP contribution in [0.25, 0.3) is 0 Å². The number of ether oxygens (including phenoxy) is 2. The van der Waals surface area contributed by atoms with Crippen molar-refractivity contribution in [1.82, 2.24) is 10.6 Å². The Kier molecular flexibility index (Phi) is 9.79. The molecule has 0 saturated carbocycles. The second-order valence-corrected chi connectivity index (χ2v) is 6.48. The van der Waals surface area contributed by atoms with Crippen molar-refractivity contribution in [2.24, 2.45) is 10.7 Å². The molecule has 1 amide bonds. The van der Waals surface area contributed by atoms with Gasteiger partial charge in [-0.3, -0.25) is 4.79 Å². The van der Waals surface area contributed by atoms with Gasteiger partial charge in [0.15, 0.2) is 12.6 Å². The number of aliphatic imine (C=N–C) groups is 1. The fraction of sp³-hybridized carbons (Fsp3) is 0.304. The van der Waals surface area contributed by atoms with Gasteiger partial charge >= 0.3 is 0 Å². The van der Waals surface area contributed by atoms with Crippen LogP contribution in [0.3, 0.4) is 0 Å². The summed E-state index contributed by atoms with van der Waals surface area (Å²) in [6, 6.07) is 15.5. The van der Waals surface area contributed by atoms with Crippen LogP contribution in [-0.4, -0.2) is 38.2 Å². The molecule has 7 heteroatoms. The standard InChI is InChI=1S/C23H30N4O3/c1-3-15-29-21-8-6-5-7-19(21)16-27-23(25-4-2)26-14-13-18-9-11-20(12-10-18)30-17-22(24)28/h3,5-12H,1,4,13-17H2,2H3,(H2,24,28)(H2,25,26,27). The van der Waals surface area contributed by atoms with Crippen LogP contribution in [0.15, 0.2) is 66.2 Å². The van der Waals surface area contributed by atoms with Crippen LogP contribution in [-0.2, 0) is 17.8 Å². The highest BCUT2D eigenvalue weighted by Gasteiger charge is 2.04. The molecule has 0 aromatic heterocycles. The summed E-state index contributed by atoms with van der Waals surface area (Å²) < 4.78 is 11.0. The molecule has 0 spiro atoms. The predicted molar refractivity (Wildman–Crippen MR) is 120 cm³/mol. The van der Waals surface area contributed by atoms with Gasteiger partial charge in [0.1, 0.15) is 18.1 Å². The number of amides is 1. The van der Waals surface area contributed by atoms with Gasteiger partial charge < -0.3 is 25.8 Å². The molecule has 0 heterocycles. The molecule has 0 bridgehead atoms. The van der Waals surface area contributed by atoms with Gasteiger partial charge in [0.25, 0.3) is 5.91 Å². The Morgan fingerprint density at radius 3 is 2.60 bits per heavy atom. The molecule has 4 N–H and O–H groups in total. The lowest BCUT2D eigenvalue weighted by Crippen LogP contribution is -2.38. The molecule has 160 valence electrons. The highest BCUT2D eigenvalue weighted by atomic mass is 16.5. The number of benzene rings is 2. The van der Waals surface area contributed by atoms with Gasteiger partial charge in [-0.05, 0) is 37.1 Å². The maximum Gasteiger partial charge on any atom is 0.255 e. The van der Waals surface area contributed by atoms with Gasteiger partial charge in [-0.1, -0.05) is 43.0 Å². The van der Waals surface area contributed by atoms with E-state index in [-0.39, 0.29) is 6.61 Å². The third-order valence-electron chi connectivity index (χ3n) is 4.09. The second-order valence-electron chi connectivity index (χ2n) is 6.48. The number of guanidine groups is 1. The summed E-state index contributed by atoms with van der Waals surface area (Å²) in [6.45, 7) is 8.06. The van der Waals surface area contributed by atoms with Gasteiger partial charge in [0.2, 0.25) is 0 Å². The molecule has 0 unspecified atom stereocenters. The number of para-hydroxylation sites is 1. The Bertz CT molecular complexity index is 835. The summed E-state index contributed by atoms with van der Waals surface area (Å²) in [4.78, 5) is 15.4. The molecule has 2 aromatic carbocycles. The minimum Gasteiger partial charge on any atom is -0.489 e. The average Bonchev–Trinajstić information content (AvgIpc) is 2.76. The van der Waals surface area contributed by atoms with Crippen molar-refractivity contribution >= 4 is 11.9 Å². The van der Waals surface area contributed by atoms with Crippen molar-refractivity contribution in [1.29, 1.82) is 0 Å². The smallest absolute Gasteiger partial charge is 0.255 e. The third kappa shape index (κ3) is 8.26. The molecule has 0 fully saturated rings. The zero-order chi connectivity index (χ0) is 21.6. The zero-order valence-corrected chi connectivity index (χ0v) is 17.4. The highest BCUT2D eigenvalue weighted by molar-refractivity contribution is 5.79. The van der Waals surface area contributed by atoms with Gasteiger partial charge in [0.05, 0.1) is 6.54 Å². The number of hydrogen-bond acceptors (Lipinski definition) is 4. The van der Waals surface area contributed by atoms with Crippen molar-refractivity contribution < 1.29 is 14.3 Å². The molecule has 7 nitrogen and oxygen atoms in total. The number of nitrogens with two attached hydrogens (primary N) is 1. The first-order valence-corrected chi connectivity index (χ1v) is 9.96. The van der Waals surface area contributed by atoms with Crippen LogP contribution in [0.2, 0.25) is 0 Å². The number of rotatable bonds is 12. The van der Waals surface area contributed by atoms with E-state index in [0.29, 0.717) is 18.9 Å². The molecule has 0 aliphatic rings. The number of carbonyl (C=O) groups excluding carboxylic acids is 1. The van der Waals surface area contributed by atoms with Crippen LogP contribution < -0.4 is 25.8 Å². The largest absolute Gasteiger partial charge is 0.489 e. The monoisotopic (exact) mass is 410 g/mol. The average molecular weight is 411 g/mol. The minimum atomic E-state index is -0.492. The first kappa shape index (κ1) is 22.8. The predicted octanol–water partition coefficient (Wildman–Crippen LogP) is 2.41. The quantitative estimate of drug-likeness (QED) is 0.284. The minimum absolute atomic E-state index is 0.120. The normalized spacial score (nSPS) is 10.9. The Hall–Kier alpha value is -3.48. The molecule has 0 aliphatic heterocycles. The Balaban J connectivity index is 1.88. The van der Waals surface area contributed by atoms with Crippen molar-refractivity contribution in [3.8, 4) is 11.5 Å². The summed E-state index contributed by atoms with van der Waals surface area (Å²) in [7, 11) is 0. The molecule has 0 radical (unpaired) electrons. The summed E-state index contributed by atoms with van der Waals surface area (Å²) in [5, 5.41) is 6.60. The summed E-state index contributed by atoms with van der Waals surface area (Å²) in [5.41, 5.74) is 7.24. The molecule has 0 saturated heterocycles. The van der Waals surface area contributed by atoms with Crippen molar-refractivity contribution in [2.75, 3.05) is 26.3 Å². The fourth-order valence-electron chi connectivity index (χ4n) is 2.66. The first-order valence-electron chi connectivity index (χ1n) is 9.96. The topological polar surface area (TPSA) is 98.0 Å². The van der Waals surface area contributed by atoms with E-state index < -0.39 is 5.91 Å². The fourth-order valence-corrected chi connectivity index (χ4v) is 2.66. The molecular weight excluding hydrogens is 380 g/mol. The maximum absolute atomic E-state index is 10.8. The van der Waals surface area contributed by atoms with E-state index in [1.54, 1.807) is 6.08 Å². The van der Waals surface area contributed by atoms with Gasteiger partial charge in [-0.25, -0.2) is 4.99 Å². The van der Waals surface area contributed by atoms with Crippen molar-refractivity contribution in [3.05, 3.63) is 72.3 Å². The Labute approximate surface area is 178 Å². The highest BCUT2D eigenvalue weighted by Crippen LogP contribution is 2.18. The molecule has 0 aliphatic carbocycles. The lowest BCUT2D eigenvalue weighted by molar-refractivity contribution is -0.119. The summed E-state index contributed by atoms with van der Waals surface area (Å²) in [6.07, 6.45) is 2.54. The van der Waals surface area contributed by atoms with E-state index in [9.17, 15) is 4.79 Å². The van der Waals surface area contributed by atoms with Crippen LogP contribution in [0.4, 0.5) is 0 Å². The lowest BCUT2D eigenvalue weighted by Gasteiger charge is -2.13. The second kappa shape index (κ2) is 12.9. The summed E-state index contributed by atoms with van der Waals surface area (Å²) >= 11 is 0. The van der Waals surface area contributed by atoms with E-state index in [4.69, 9.17) is 15.2 Å². The van der Waals surface area contributed by atoms with Crippen LogP contribution >= 0.6 is 0 Å². The molecule has 0 atom stereocenters. The number of primary amides is 1. The van der Waals surface area contributed by atoms with Crippen LogP contribution in [0.5, 0.6) is 11.5 Å². The van der Waals surface area contributed by atoms with E-state index in [1.165, 1.54) is 0 Å². The van der Waals surface area contributed by atoms with Crippen LogP contribution in [0, 0.1) is 0 Å². The third-order valence-corrected chi connectivity index (χ3v) is 4.09. The van der Waals surface area contributed by atoms with Gasteiger partial charge in [-0.2, -0.15) is 0 Å². The van der Waals surface area contributed by atoms with Crippen molar-refractivity contribution in [2.45, 2.75) is 19.9 Å². The SMILES string of the molecule is C=CCOc1ccccc1CN=C(NCC)NCCc1ccc(OCC(N)=O)cc1. The molecule has 30 heavy (non-hydrogen) atoms. The molecule has 2 aromatic rings. The molecule has 2 rings (SSSR count). The number of nitrogens with zero attached hydrogens (tertiary/aromatic N) is 1. The van der Waals surface area contributed by atoms with Gasteiger partial charge in [0, 0.05) is 18.7 Å². The summed E-state index contributed by atoms with van der Waals surface area (Å²) in [5.74, 6) is 1.69. The zero-order valence-electron chi connectivity index (χ0n) is 17.4. The Morgan fingerprint density at radius 1 is 1.13 bits per heavy atom. The van der Waals surface area contributed by atoms with Crippen molar-refractivity contribution in [3.63, 3.8) is 0 Å². The maximum atomic E-state index is 10.8.